The highest BCUT2D eigenvalue weighted by molar-refractivity contribution is 5.81. The number of nitrogens with one attached hydrogen (secondary N) is 2. The third kappa shape index (κ3) is 3.83. The number of amides is 1. The number of benzene rings is 2. The number of carbonyl (C=O) groups excluding carboxylic acids is 1. The van der Waals surface area contributed by atoms with Gasteiger partial charge in [-0.15, -0.1) is 0 Å². The summed E-state index contributed by atoms with van der Waals surface area (Å²) in [4.78, 5) is 15.1. The van der Waals surface area contributed by atoms with Crippen LogP contribution < -0.4 is 14.8 Å². The van der Waals surface area contributed by atoms with Gasteiger partial charge in [0.25, 0.3) is 5.91 Å². The van der Waals surface area contributed by atoms with Gasteiger partial charge in [0.05, 0.1) is 13.7 Å². The van der Waals surface area contributed by atoms with Crippen molar-refractivity contribution < 1.29 is 14.3 Å². The number of methoxy groups -OCH3 is 1. The molecule has 0 saturated carbocycles. The molecular formula is C18H18N2O3. The van der Waals surface area contributed by atoms with Gasteiger partial charge in [0.2, 0.25) is 0 Å². The summed E-state index contributed by atoms with van der Waals surface area (Å²) in [6, 6.07) is 17.1. The molecule has 1 heterocycles. The van der Waals surface area contributed by atoms with Crippen molar-refractivity contribution >= 4 is 16.8 Å². The largest absolute Gasteiger partial charge is 0.497 e. The van der Waals surface area contributed by atoms with Crippen molar-refractivity contribution in [2.24, 2.45) is 0 Å². The summed E-state index contributed by atoms with van der Waals surface area (Å²) in [5.74, 6) is 1.21. The monoisotopic (exact) mass is 310 g/mol. The van der Waals surface area contributed by atoms with Crippen LogP contribution in [0.1, 0.15) is 5.69 Å². The Morgan fingerprint density at radius 2 is 1.83 bits per heavy atom. The maximum absolute atomic E-state index is 11.9. The Bertz CT molecular complexity index is 760. The summed E-state index contributed by atoms with van der Waals surface area (Å²) in [5.41, 5.74) is 2.02. The van der Waals surface area contributed by atoms with E-state index in [2.05, 4.69) is 10.3 Å². The zero-order valence-electron chi connectivity index (χ0n) is 12.8. The highest BCUT2D eigenvalue weighted by atomic mass is 16.5. The third-order valence-electron chi connectivity index (χ3n) is 3.49. The smallest absolute Gasteiger partial charge is 0.258 e. The molecular weight excluding hydrogens is 292 g/mol. The zero-order chi connectivity index (χ0) is 16.1. The molecule has 23 heavy (non-hydrogen) atoms. The maximum atomic E-state index is 11.9. The van der Waals surface area contributed by atoms with Crippen LogP contribution in [0.3, 0.4) is 0 Å². The topological polar surface area (TPSA) is 63.4 Å². The lowest BCUT2D eigenvalue weighted by Crippen LogP contribution is -2.28. The maximum Gasteiger partial charge on any atom is 0.258 e. The molecule has 0 radical (unpaired) electrons. The van der Waals surface area contributed by atoms with Crippen LogP contribution in [0.15, 0.2) is 54.6 Å². The Morgan fingerprint density at radius 1 is 1.09 bits per heavy atom. The standard InChI is InChI=1S/C18H18N2O3/c1-22-15-6-8-16(9-7-15)23-12-18(21)19-11-14-10-13-4-2-3-5-17(13)20-14/h2-10,20H,11-12H2,1H3,(H,19,21). The third-order valence-corrected chi connectivity index (χ3v) is 3.49. The number of aromatic amines is 1. The van der Waals surface area contributed by atoms with E-state index in [1.165, 1.54) is 0 Å². The van der Waals surface area contributed by atoms with Gasteiger partial charge < -0.3 is 19.8 Å². The first-order valence-electron chi connectivity index (χ1n) is 7.35. The van der Waals surface area contributed by atoms with Crippen molar-refractivity contribution in [1.29, 1.82) is 0 Å². The highest BCUT2D eigenvalue weighted by Gasteiger charge is 2.05. The minimum atomic E-state index is -0.167. The minimum absolute atomic E-state index is 0.0213. The molecule has 0 saturated heterocycles. The number of carbonyl (C=O) groups is 1. The summed E-state index contributed by atoms with van der Waals surface area (Å²) in [6.07, 6.45) is 0. The molecule has 0 aliphatic rings. The van der Waals surface area contributed by atoms with Gasteiger partial charge in [0.1, 0.15) is 11.5 Å². The predicted octanol–water partition coefficient (Wildman–Crippen LogP) is 2.87. The van der Waals surface area contributed by atoms with E-state index in [9.17, 15) is 4.79 Å². The molecule has 3 rings (SSSR count). The first-order chi connectivity index (χ1) is 11.2. The van der Waals surface area contributed by atoms with Crippen LogP contribution in [0.4, 0.5) is 0 Å². The fraction of sp³-hybridized carbons (Fsp3) is 0.167. The van der Waals surface area contributed by atoms with Crippen molar-refractivity contribution in [3.05, 3.63) is 60.3 Å². The van der Waals surface area contributed by atoms with Gasteiger partial charge in [-0.25, -0.2) is 0 Å². The molecule has 0 fully saturated rings. The number of para-hydroxylation sites is 1. The van der Waals surface area contributed by atoms with Crippen LogP contribution in [0.2, 0.25) is 0 Å². The van der Waals surface area contributed by atoms with Crippen LogP contribution in [0.25, 0.3) is 10.9 Å². The van der Waals surface area contributed by atoms with E-state index in [4.69, 9.17) is 9.47 Å². The lowest BCUT2D eigenvalue weighted by Gasteiger charge is -2.07. The van der Waals surface area contributed by atoms with Crippen LogP contribution in [0.5, 0.6) is 11.5 Å². The van der Waals surface area contributed by atoms with E-state index in [0.29, 0.717) is 12.3 Å². The van der Waals surface area contributed by atoms with Crippen molar-refractivity contribution in [3.63, 3.8) is 0 Å². The quantitative estimate of drug-likeness (QED) is 0.736. The first kappa shape index (κ1) is 15.0. The van der Waals surface area contributed by atoms with Gasteiger partial charge in [0, 0.05) is 11.2 Å². The Hall–Kier alpha value is -2.95. The van der Waals surface area contributed by atoms with E-state index in [1.807, 2.05) is 30.3 Å². The van der Waals surface area contributed by atoms with Gasteiger partial charge >= 0.3 is 0 Å². The average Bonchev–Trinajstić information content (AvgIpc) is 3.01. The second-order valence-corrected chi connectivity index (χ2v) is 5.12. The highest BCUT2D eigenvalue weighted by Crippen LogP contribution is 2.17. The van der Waals surface area contributed by atoms with E-state index in [1.54, 1.807) is 31.4 Å². The normalized spacial score (nSPS) is 10.5. The summed E-state index contributed by atoms with van der Waals surface area (Å²) in [5, 5.41) is 3.96. The van der Waals surface area contributed by atoms with E-state index in [-0.39, 0.29) is 12.5 Å². The van der Waals surface area contributed by atoms with Gasteiger partial charge in [-0.1, -0.05) is 18.2 Å². The Morgan fingerprint density at radius 3 is 2.57 bits per heavy atom. The molecule has 0 aliphatic heterocycles. The number of ether oxygens (including phenoxy) is 2. The summed E-state index contributed by atoms with van der Waals surface area (Å²) < 4.78 is 10.5. The van der Waals surface area contributed by atoms with Crippen molar-refractivity contribution in [2.45, 2.75) is 6.54 Å². The van der Waals surface area contributed by atoms with Crippen molar-refractivity contribution in [3.8, 4) is 11.5 Å². The zero-order valence-corrected chi connectivity index (χ0v) is 12.8. The average molecular weight is 310 g/mol. The Balaban J connectivity index is 1.49. The minimum Gasteiger partial charge on any atom is -0.497 e. The number of H-pyrrole nitrogens is 1. The second-order valence-electron chi connectivity index (χ2n) is 5.12. The van der Waals surface area contributed by atoms with Gasteiger partial charge in [-0.05, 0) is 41.8 Å². The van der Waals surface area contributed by atoms with Crippen LogP contribution in [-0.4, -0.2) is 24.6 Å². The van der Waals surface area contributed by atoms with Gasteiger partial charge in [-0.3, -0.25) is 4.79 Å². The fourth-order valence-electron chi connectivity index (χ4n) is 2.29. The predicted molar refractivity (Wildman–Crippen MR) is 88.6 cm³/mol. The number of aromatic nitrogens is 1. The lowest BCUT2D eigenvalue weighted by molar-refractivity contribution is -0.123. The Kier molecular flexibility index (Phi) is 4.47. The lowest BCUT2D eigenvalue weighted by atomic mass is 10.2. The molecule has 5 nitrogen and oxygen atoms in total. The summed E-state index contributed by atoms with van der Waals surface area (Å²) in [6.45, 7) is 0.423. The summed E-state index contributed by atoms with van der Waals surface area (Å²) >= 11 is 0. The number of hydrogen-bond donors (Lipinski definition) is 2. The molecule has 5 heteroatoms. The molecule has 0 bridgehead atoms. The second kappa shape index (κ2) is 6.87. The number of hydrogen-bond acceptors (Lipinski definition) is 3. The van der Waals surface area contributed by atoms with Crippen LogP contribution in [0, 0.1) is 0 Å². The number of rotatable bonds is 6. The fourth-order valence-corrected chi connectivity index (χ4v) is 2.29. The van der Waals surface area contributed by atoms with E-state index >= 15 is 0 Å². The Labute approximate surface area is 134 Å². The molecule has 3 aromatic rings. The van der Waals surface area contributed by atoms with Gasteiger partial charge in [-0.2, -0.15) is 0 Å². The van der Waals surface area contributed by atoms with Crippen molar-refractivity contribution in [1.82, 2.24) is 10.3 Å². The number of fused-ring (bicyclic) bond motifs is 1. The van der Waals surface area contributed by atoms with Gasteiger partial charge in [0.15, 0.2) is 6.61 Å². The first-order valence-corrected chi connectivity index (χ1v) is 7.35. The molecule has 2 N–H and O–H groups in total. The molecule has 0 unspecified atom stereocenters. The molecule has 1 amide bonds. The molecule has 1 aromatic heterocycles. The van der Waals surface area contributed by atoms with Crippen LogP contribution in [-0.2, 0) is 11.3 Å². The van der Waals surface area contributed by atoms with E-state index < -0.39 is 0 Å². The molecule has 0 aliphatic carbocycles. The summed E-state index contributed by atoms with van der Waals surface area (Å²) in [7, 11) is 1.60. The SMILES string of the molecule is COc1ccc(OCC(=O)NCc2cc3ccccc3[nH]2)cc1. The molecule has 2 aromatic carbocycles. The molecule has 0 spiro atoms. The van der Waals surface area contributed by atoms with E-state index in [0.717, 1.165) is 22.3 Å². The molecule has 118 valence electrons. The molecule has 0 atom stereocenters. The van der Waals surface area contributed by atoms with Crippen molar-refractivity contribution in [2.75, 3.05) is 13.7 Å². The van der Waals surface area contributed by atoms with Crippen LogP contribution >= 0.6 is 0 Å².